The van der Waals surface area contributed by atoms with Crippen LogP contribution in [0.5, 0.6) is 0 Å². The maximum absolute atomic E-state index is 13.0. The molecule has 1 saturated heterocycles. The summed E-state index contributed by atoms with van der Waals surface area (Å²) in [5, 5.41) is 3.43. The number of nitrogens with zero attached hydrogens (tertiary/aromatic N) is 1. The Balaban J connectivity index is 1.18. The largest absolute Gasteiger partial charge is 0.366 e. The zero-order valence-corrected chi connectivity index (χ0v) is 16.4. The van der Waals surface area contributed by atoms with Crippen LogP contribution in [0.25, 0.3) is 0 Å². The SMILES string of the molecule is Cc1ccc(CN2CCOC(C(=O)NC3C4CC5CC(C4)CC3C5)C2)cc1. The molecule has 1 aromatic carbocycles. The maximum atomic E-state index is 13.0. The second-order valence-electron chi connectivity index (χ2n) is 9.55. The van der Waals surface area contributed by atoms with E-state index in [1.807, 2.05) is 0 Å². The number of carbonyl (C=O) groups is 1. The van der Waals surface area contributed by atoms with Crippen LogP contribution in [0.4, 0.5) is 0 Å². The number of ether oxygens (including phenoxy) is 1. The third kappa shape index (κ3) is 3.66. The lowest BCUT2D eigenvalue weighted by atomic mass is 9.54. The van der Waals surface area contributed by atoms with Gasteiger partial charge >= 0.3 is 0 Å². The van der Waals surface area contributed by atoms with Gasteiger partial charge in [0.15, 0.2) is 0 Å². The summed E-state index contributed by atoms with van der Waals surface area (Å²) in [7, 11) is 0. The first-order valence-electron chi connectivity index (χ1n) is 10.8. The molecule has 1 heterocycles. The van der Waals surface area contributed by atoms with Gasteiger partial charge in [0.2, 0.25) is 0 Å². The number of hydrogen-bond donors (Lipinski definition) is 1. The van der Waals surface area contributed by atoms with Crippen LogP contribution in [-0.4, -0.2) is 42.6 Å². The van der Waals surface area contributed by atoms with Crippen molar-refractivity contribution in [2.24, 2.45) is 23.7 Å². The van der Waals surface area contributed by atoms with Crippen molar-refractivity contribution in [3.63, 3.8) is 0 Å². The molecule has 1 amide bonds. The molecule has 0 spiro atoms. The van der Waals surface area contributed by atoms with Crippen molar-refractivity contribution in [3.05, 3.63) is 35.4 Å². The number of morpholine rings is 1. The summed E-state index contributed by atoms with van der Waals surface area (Å²) in [4.78, 5) is 15.3. The zero-order valence-electron chi connectivity index (χ0n) is 16.4. The van der Waals surface area contributed by atoms with Crippen molar-refractivity contribution < 1.29 is 9.53 Å². The topological polar surface area (TPSA) is 41.6 Å². The number of rotatable bonds is 4. The summed E-state index contributed by atoms with van der Waals surface area (Å²) in [6.07, 6.45) is 6.48. The van der Waals surface area contributed by atoms with Crippen molar-refractivity contribution in [3.8, 4) is 0 Å². The molecule has 5 fully saturated rings. The van der Waals surface area contributed by atoms with Gasteiger partial charge < -0.3 is 10.1 Å². The molecule has 1 N–H and O–H groups in total. The van der Waals surface area contributed by atoms with Gasteiger partial charge in [-0.15, -0.1) is 0 Å². The van der Waals surface area contributed by atoms with Crippen LogP contribution in [0, 0.1) is 30.6 Å². The van der Waals surface area contributed by atoms with Crippen LogP contribution in [0.15, 0.2) is 24.3 Å². The van der Waals surface area contributed by atoms with Crippen molar-refractivity contribution >= 4 is 5.91 Å². The minimum atomic E-state index is -0.318. The van der Waals surface area contributed by atoms with E-state index in [2.05, 4.69) is 41.4 Å². The molecule has 1 unspecified atom stereocenters. The van der Waals surface area contributed by atoms with E-state index in [4.69, 9.17) is 4.74 Å². The predicted molar refractivity (Wildman–Crippen MR) is 105 cm³/mol. The van der Waals surface area contributed by atoms with E-state index in [-0.39, 0.29) is 12.0 Å². The molecule has 0 aromatic heterocycles. The molecule has 6 rings (SSSR count). The lowest BCUT2D eigenvalue weighted by molar-refractivity contribution is -0.142. The van der Waals surface area contributed by atoms with Gasteiger partial charge in [0.25, 0.3) is 5.91 Å². The lowest BCUT2D eigenvalue weighted by Gasteiger charge is -2.54. The zero-order chi connectivity index (χ0) is 18.4. The molecule has 4 saturated carbocycles. The Bertz CT molecular complexity index is 658. The summed E-state index contributed by atoms with van der Waals surface area (Å²) in [6.45, 7) is 5.25. The minimum Gasteiger partial charge on any atom is -0.366 e. The van der Waals surface area contributed by atoms with Crippen LogP contribution in [0.3, 0.4) is 0 Å². The van der Waals surface area contributed by atoms with Crippen LogP contribution in [-0.2, 0) is 16.1 Å². The molecule has 4 nitrogen and oxygen atoms in total. The fourth-order valence-corrected chi connectivity index (χ4v) is 6.37. The molecule has 4 bridgehead atoms. The Labute approximate surface area is 162 Å². The number of nitrogens with one attached hydrogen (secondary N) is 1. The Morgan fingerprint density at radius 3 is 2.41 bits per heavy atom. The van der Waals surface area contributed by atoms with Gasteiger partial charge in [-0.25, -0.2) is 0 Å². The van der Waals surface area contributed by atoms with Crippen molar-refractivity contribution in [1.82, 2.24) is 10.2 Å². The van der Waals surface area contributed by atoms with Crippen molar-refractivity contribution in [2.45, 2.75) is 57.7 Å². The van der Waals surface area contributed by atoms with E-state index in [9.17, 15) is 4.79 Å². The summed E-state index contributed by atoms with van der Waals surface area (Å²) < 4.78 is 5.87. The van der Waals surface area contributed by atoms with Gasteiger partial charge in [0.1, 0.15) is 6.10 Å². The third-order valence-corrected chi connectivity index (χ3v) is 7.51. The summed E-state index contributed by atoms with van der Waals surface area (Å²) in [5.41, 5.74) is 2.59. The fourth-order valence-electron chi connectivity index (χ4n) is 6.37. The molecule has 4 heteroatoms. The van der Waals surface area contributed by atoms with E-state index >= 15 is 0 Å². The van der Waals surface area contributed by atoms with Crippen LogP contribution in [0.1, 0.15) is 43.2 Å². The molecule has 1 aromatic rings. The van der Waals surface area contributed by atoms with E-state index in [1.165, 1.54) is 43.2 Å². The molecular formula is C23H32N2O2. The summed E-state index contributed by atoms with van der Waals surface area (Å²) in [5.74, 6) is 3.45. The Hall–Kier alpha value is -1.39. The van der Waals surface area contributed by atoms with E-state index < -0.39 is 0 Å². The average molecular weight is 369 g/mol. The quantitative estimate of drug-likeness (QED) is 0.888. The van der Waals surface area contributed by atoms with E-state index in [0.29, 0.717) is 19.2 Å². The highest BCUT2D eigenvalue weighted by atomic mass is 16.5. The number of benzene rings is 1. The van der Waals surface area contributed by atoms with Crippen molar-refractivity contribution in [1.29, 1.82) is 0 Å². The predicted octanol–water partition coefficient (Wildman–Crippen LogP) is 3.14. The third-order valence-electron chi connectivity index (χ3n) is 7.51. The molecular weight excluding hydrogens is 336 g/mol. The Morgan fingerprint density at radius 2 is 1.74 bits per heavy atom. The average Bonchev–Trinajstić information content (AvgIpc) is 2.66. The van der Waals surface area contributed by atoms with Gasteiger partial charge in [-0.2, -0.15) is 0 Å². The minimum absolute atomic E-state index is 0.126. The molecule has 4 aliphatic carbocycles. The molecule has 0 radical (unpaired) electrons. The molecule has 146 valence electrons. The molecule has 27 heavy (non-hydrogen) atoms. The van der Waals surface area contributed by atoms with Crippen molar-refractivity contribution in [2.75, 3.05) is 19.7 Å². The maximum Gasteiger partial charge on any atom is 0.250 e. The van der Waals surface area contributed by atoms with Gasteiger partial charge in [-0.1, -0.05) is 29.8 Å². The van der Waals surface area contributed by atoms with Crippen LogP contribution >= 0.6 is 0 Å². The first-order chi connectivity index (χ1) is 13.1. The summed E-state index contributed by atoms with van der Waals surface area (Å²) >= 11 is 0. The van der Waals surface area contributed by atoms with E-state index in [1.54, 1.807) is 0 Å². The standard InChI is InChI=1S/C23H32N2O2/c1-15-2-4-16(5-3-15)13-25-6-7-27-21(14-25)23(26)24-22-19-9-17-8-18(11-19)12-20(22)10-17/h2-5,17-22H,6-14H2,1H3,(H,24,26). The molecule has 5 aliphatic rings. The second kappa shape index (κ2) is 7.21. The lowest BCUT2D eigenvalue weighted by Crippen LogP contribution is -2.59. The molecule has 1 atom stereocenters. The Kier molecular flexibility index (Phi) is 4.73. The highest BCUT2D eigenvalue weighted by Crippen LogP contribution is 2.53. The normalized spacial score (nSPS) is 38.1. The smallest absolute Gasteiger partial charge is 0.250 e. The van der Waals surface area contributed by atoms with Gasteiger partial charge in [0.05, 0.1) is 6.61 Å². The second-order valence-corrected chi connectivity index (χ2v) is 9.55. The fraction of sp³-hybridized carbons (Fsp3) is 0.696. The number of carbonyl (C=O) groups excluding carboxylic acids is 1. The first-order valence-corrected chi connectivity index (χ1v) is 10.8. The van der Waals surface area contributed by atoms with Gasteiger partial charge in [-0.05, 0) is 68.3 Å². The molecule has 1 aliphatic heterocycles. The summed E-state index contributed by atoms with van der Waals surface area (Å²) in [6, 6.07) is 9.10. The first kappa shape index (κ1) is 17.7. The number of aryl methyl sites for hydroxylation is 1. The number of hydrogen-bond acceptors (Lipinski definition) is 3. The van der Waals surface area contributed by atoms with Crippen LogP contribution < -0.4 is 5.32 Å². The van der Waals surface area contributed by atoms with Crippen LogP contribution in [0.2, 0.25) is 0 Å². The number of amides is 1. The Morgan fingerprint density at radius 1 is 1.07 bits per heavy atom. The van der Waals surface area contributed by atoms with E-state index in [0.717, 1.165) is 36.8 Å². The highest BCUT2D eigenvalue weighted by Gasteiger charge is 2.49. The van der Waals surface area contributed by atoms with Gasteiger partial charge in [0, 0.05) is 25.7 Å². The monoisotopic (exact) mass is 368 g/mol. The van der Waals surface area contributed by atoms with Gasteiger partial charge in [-0.3, -0.25) is 9.69 Å². The highest BCUT2D eigenvalue weighted by molar-refractivity contribution is 5.81.